The van der Waals surface area contributed by atoms with Crippen LogP contribution in [0.2, 0.25) is 0 Å². The van der Waals surface area contributed by atoms with E-state index in [-0.39, 0.29) is 12.5 Å². The fraction of sp³-hybridized carbons (Fsp3) is 0.333. The van der Waals surface area contributed by atoms with Crippen LogP contribution in [-0.4, -0.2) is 45.3 Å². The summed E-state index contributed by atoms with van der Waals surface area (Å²) in [6, 6.07) is 13.2. The first kappa shape index (κ1) is 23.8. The van der Waals surface area contributed by atoms with E-state index in [1.807, 2.05) is 38.1 Å². The molecule has 7 nitrogen and oxygen atoms in total. The van der Waals surface area contributed by atoms with Crippen LogP contribution in [0.15, 0.2) is 47.5 Å². The van der Waals surface area contributed by atoms with Crippen molar-refractivity contribution in [1.29, 1.82) is 0 Å². The molecule has 164 valence electrons. The summed E-state index contributed by atoms with van der Waals surface area (Å²) in [5.41, 5.74) is 3.43. The number of carbonyl (C=O) groups is 1. The number of methoxy groups -OCH3 is 1. The Morgan fingerprint density at radius 3 is 2.74 bits per heavy atom. The maximum absolute atomic E-state index is 12.3. The molecule has 0 heterocycles. The molecule has 2 rings (SSSR count). The van der Waals surface area contributed by atoms with Crippen molar-refractivity contribution in [2.24, 2.45) is 4.99 Å². The van der Waals surface area contributed by atoms with Gasteiger partial charge in [0.2, 0.25) is 5.91 Å². The monoisotopic (exact) mass is 422 g/mol. The molecule has 2 aromatic carbocycles. The highest BCUT2D eigenvalue weighted by molar-refractivity contribution is 5.95. The number of benzene rings is 2. The summed E-state index contributed by atoms with van der Waals surface area (Å²) in [7, 11) is 1.64. The minimum absolute atomic E-state index is 0.0667. The van der Waals surface area contributed by atoms with Gasteiger partial charge < -0.3 is 25.4 Å². The lowest BCUT2D eigenvalue weighted by Gasteiger charge is -2.14. The Kier molecular flexibility index (Phi) is 9.92. The standard InChI is InChI=1S/C24H30N4O3/c1-5-19-8-7-9-21(15-19)28-23(29)17-27-24(25-6-2)26-16-20-11-10-18(3)14-22(20)31-13-12-30-4/h1,7-11,14-15H,6,12-13,16-17H2,2-4H3,(H,28,29)(H2,25,26,27). The van der Waals surface area contributed by atoms with E-state index in [1.165, 1.54) is 0 Å². The zero-order chi connectivity index (χ0) is 22.5. The number of hydrogen-bond acceptors (Lipinski definition) is 4. The Labute approximate surface area is 184 Å². The molecule has 3 N–H and O–H groups in total. The predicted molar refractivity (Wildman–Crippen MR) is 124 cm³/mol. The van der Waals surface area contributed by atoms with Crippen molar-refractivity contribution < 1.29 is 14.3 Å². The molecule has 0 bridgehead atoms. The van der Waals surface area contributed by atoms with Gasteiger partial charge in [0.25, 0.3) is 0 Å². The summed E-state index contributed by atoms with van der Waals surface area (Å²) in [4.78, 5) is 16.9. The van der Waals surface area contributed by atoms with E-state index in [2.05, 4.69) is 26.9 Å². The second kappa shape index (κ2) is 12.9. The number of nitrogens with zero attached hydrogens (tertiary/aromatic N) is 1. The molecule has 1 amide bonds. The SMILES string of the molecule is C#Cc1cccc(NC(=O)CNC(=NCc2ccc(C)cc2OCCOC)NCC)c1. The van der Waals surface area contributed by atoms with Crippen LogP contribution < -0.4 is 20.7 Å². The molecule has 0 spiro atoms. The molecule has 0 saturated heterocycles. The number of nitrogens with one attached hydrogen (secondary N) is 3. The lowest BCUT2D eigenvalue weighted by molar-refractivity contribution is -0.115. The van der Waals surface area contributed by atoms with Crippen molar-refractivity contribution in [3.8, 4) is 18.1 Å². The maximum atomic E-state index is 12.3. The summed E-state index contributed by atoms with van der Waals surface area (Å²) in [6.45, 7) is 6.10. The molecule has 0 aliphatic rings. The Morgan fingerprint density at radius 1 is 1.16 bits per heavy atom. The minimum Gasteiger partial charge on any atom is -0.491 e. The normalized spacial score (nSPS) is 10.8. The third-order valence-corrected chi connectivity index (χ3v) is 4.25. The fourth-order valence-electron chi connectivity index (χ4n) is 2.72. The van der Waals surface area contributed by atoms with Gasteiger partial charge in [-0.15, -0.1) is 6.42 Å². The number of amides is 1. The van der Waals surface area contributed by atoms with Gasteiger partial charge >= 0.3 is 0 Å². The third kappa shape index (κ3) is 8.41. The summed E-state index contributed by atoms with van der Waals surface area (Å²) in [5, 5.41) is 9.01. The average molecular weight is 423 g/mol. The van der Waals surface area contributed by atoms with Crippen LogP contribution in [0.3, 0.4) is 0 Å². The molecular formula is C24H30N4O3. The molecular weight excluding hydrogens is 392 g/mol. The van der Waals surface area contributed by atoms with Crippen LogP contribution in [0.1, 0.15) is 23.6 Å². The van der Waals surface area contributed by atoms with Gasteiger partial charge in [-0.25, -0.2) is 4.99 Å². The van der Waals surface area contributed by atoms with Crippen LogP contribution >= 0.6 is 0 Å². The number of rotatable bonds is 10. The predicted octanol–water partition coefficient (Wildman–Crippen LogP) is 2.70. The molecule has 31 heavy (non-hydrogen) atoms. The topological polar surface area (TPSA) is 84.0 Å². The molecule has 0 aromatic heterocycles. The van der Waals surface area contributed by atoms with Crippen LogP contribution in [0.25, 0.3) is 0 Å². The Bertz CT molecular complexity index is 935. The number of aryl methyl sites for hydroxylation is 1. The highest BCUT2D eigenvalue weighted by atomic mass is 16.5. The first-order valence-corrected chi connectivity index (χ1v) is 10.2. The van der Waals surface area contributed by atoms with Crippen LogP contribution in [0.5, 0.6) is 5.75 Å². The first-order valence-electron chi connectivity index (χ1n) is 10.2. The maximum Gasteiger partial charge on any atom is 0.243 e. The lowest BCUT2D eigenvalue weighted by Crippen LogP contribution is -2.41. The summed E-state index contributed by atoms with van der Waals surface area (Å²) in [6.07, 6.45) is 5.40. The van der Waals surface area contributed by atoms with E-state index in [4.69, 9.17) is 15.9 Å². The van der Waals surface area contributed by atoms with Gasteiger partial charge in [0, 0.05) is 30.5 Å². The summed E-state index contributed by atoms with van der Waals surface area (Å²) < 4.78 is 10.9. The number of aliphatic imine (C=N–C) groups is 1. The van der Waals surface area contributed by atoms with Crippen molar-refractivity contribution in [3.05, 3.63) is 59.2 Å². The quantitative estimate of drug-likeness (QED) is 0.237. The smallest absolute Gasteiger partial charge is 0.243 e. The second-order valence-electron chi connectivity index (χ2n) is 6.77. The third-order valence-electron chi connectivity index (χ3n) is 4.25. The number of anilines is 1. The Hall–Kier alpha value is -3.50. The van der Waals surface area contributed by atoms with Crippen molar-refractivity contribution in [2.45, 2.75) is 20.4 Å². The molecule has 0 aliphatic carbocycles. The molecule has 0 atom stereocenters. The highest BCUT2D eigenvalue weighted by Crippen LogP contribution is 2.21. The van der Waals surface area contributed by atoms with Gasteiger partial charge in [0.1, 0.15) is 12.4 Å². The molecule has 0 aliphatic heterocycles. The number of hydrogen-bond donors (Lipinski definition) is 3. The largest absolute Gasteiger partial charge is 0.491 e. The molecule has 7 heteroatoms. The average Bonchev–Trinajstić information content (AvgIpc) is 2.77. The van der Waals surface area contributed by atoms with Crippen molar-refractivity contribution in [3.63, 3.8) is 0 Å². The van der Waals surface area contributed by atoms with Crippen molar-refractivity contribution in [2.75, 3.05) is 38.7 Å². The minimum atomic E-state index is -0.196. The van der Waals surface area contributed by atoms with Gasteiger partial charge in [-0.3, -0.25) is 4.79 Å². The molecule has 0 unspecified atom stereocenters. The summed E-state index contributed by atoms with van der Waals surface area (Å²) in [5.74, 6) is 3.68. The second-order valence-corrected chi connectivity index (χ2v) is 6.77. The lowest BCUT2D eigenvalue weighted by atomic mass is 10.1. The van der Waals surface area contributed by atoms with E-state index >= 15 is 0 Å². The number of ether oxygens (including phenoxy) is 2. The number of terminal acetylenes is 1. The van der Waals surface area contributed by atoms with Gasteiger partial charge in [-0.05, 0) is 43.7 Å². The van der Waals surface area contributed by atoms with Crippen molar-refractivity contribution in [1.82, 2.24) is 10.6 Å². The van der Waals surface area contributed by atoms with E-state index in [0.29, 0.717) is 43.5 Å². The zero-order valence-electron chi connectivity index (χ0n) is 18.3. The molecule has 0 radical (unpaired) electrons. The van der Waals surface area contributed by atoms with E-state index in [9.17, 15) is 4.79 Å². The Balaban J connectivity index is 1.98. The molecule has 0 saturated carbocycles. The van der Waals surface area contributed by atoms with E-state index in [0.717, 1.165) is 16.9 Å². The Morgan fingerprint density at radius 2 is 2.00 bits per heavy atom. The van der Waals surface area contributed by atoms with Crippen molar-refractivity contribution >= 4 is 17.6 Å². The van der Waals surface area contributed by atoms with Crippen LogP contribution in [0.4, 0.5) is 5.69 Å². The van der Waals surface area contributed by atoms with Gasteiger partial charge in [0.05, 0.1) is 19.7 Å². The van der Waals surface area contributed by atoms with Gasteiger partial charge in [-0.2, -0.15) is 0 Å². The van der Waals surface area contributed by atoms with E-state index < -0.39 is 0 Å². The van der Waals surface area contributed by atoms with Gasteiger partial charge in [-0.1, -0.05) is 24.1 Å². The molecule has 0 fully saturated rings. The fourth-order valence-corrected chi connectivity index (χ4v) is 2.72. The van der Waals surface area contributed by atoms with Crippen LogP contribution in [0, 0.1) is 19.3 Å². The number of guanidine groups is 1. The molecule has 2 aromatic rings. The zero-order valence-corrected chi connectivity index (χ0v) is 18.3. The van der Waals surface area contributed by atoms with Crippen LogP contribution in [-0.2, 0) is 16.1 Å². The highest BCUT2D eigenvalue weighted by Gasteiger charge is 2.07. The number of carbonyl (C=O) groups excluding carboxylic acids is 1. The summed E-state index contributed by atoms with van der Waals surface area (Å²) >= 11 is 0. The van der Waals surface area contributed by atoms with Gasteiger partial charge in [0.15, 0.2) is 5.96 Å². The van der Waals surface area contributed by atoms with E-state index in [1.54, 1.807) is 25.3 Å². The first-order chi connectivity index (χ1) is 15.0.